The molecule has 1 rings (SSSR count). The van der Waals surface area contributed by atoms with E-state index in [-0.39, 0.29) is 11.3 Å². The molecule has 1 heterocycles. The van der Waals surface area contributed by atoms with Gasteiger partial charge in [-0.25, -0.2) is 0 Å². The van der Waals surface area contributed by atoms with Gasteiger partial charge in [-0.3, -0.25) is 9.69 Å². The third kappa shape index (κ3) is 4.59. The van der Waals surface area contributed by atoms with Gasteiger partial charge in [-0.15, -0.1) is 0 Å². The number of rotatable bonds is 4. The van der Waals surface area contributed by atoms with Gasteiger partial charge in [-0.1, -0.05) is 15.9 Å². The highest BCUT2D eigenvalue weighted by Crippen LogP contribution is 1.96. The fourth-order valence-electron chi connectivity index (χ4n) is 1.15. The van der Waals surface area contributed by atoms with Gasteiger partial charge in [0.1, 0.15) is 11.9 Å². The molecule has 0 aromatic carbocycles. The summed E-state index contributed by atoms with van der Waals surface area (Å²) in [7, 11) is 0. The Hall–Kier alpha value is -0.130. The smallest absolute Gasteiger partial charge is 0.316 e. The average Bonchev–Trinajstić information content (AvgIpc) is 2.19. The van der Waals surface area contributed by atoms with Gasteiger partial charge in [0.05, 0.1) is 13.2 Å². The molecule has 0 atom stereocenters. The molecule has 13 heavy (non-hydrogen) atoms. The van der Waals surface area contributed by atoms with Crippen molar-refractivity contribution in [3.8, 4) is 0 Å². The Kier molecular flexibility index (Phi) is 5.34. The number of ether oxygens (including phenoxy) is 2. The number of carbonyl (C=O) groups excluding carboxylic acids is 1. The summed E-state index contributed by atoms with van der Waals surface area (Å²) in [4.78, 5) is 13.0. The standard InChI is InChI=1S/C8H14BrNO3/c9-7-8(11)13-6-3-10-1-4-12-5-2-10/h1-7H2. The molecule has 0 aromatic heterocycles. The summed E-state index contributed by atoms with van der Waals surface area (Å²) in [5, 5.41) is 0.274. The van der Waals surface area contributed by atoms with Crippen LogP contribution in [0.3, 0.4) is 0 Å². The molecule has 1 saturated heterocycles. The first-order valence-corrected chi connectivity index (χ1v) is 5.47. The summed E-state index contributed by atoms with van der Waals surface area (Å²) in [6.07, 6.45) is 0. The van der Waals surface area contributed by atoms with Gasteiger partial charge in [0.25, 0.3) is 0 Å². The van der Waals surface area contributed by atoms with Gasteiger partial charge in [-0.05, 0) is 0 Å². The lowest BCUT2D eigenvalue weighted by atomic mass is 10.4. The van der Waals surface area contributed by atoms with E-state index in [0.29, 0.717) is 6.61 Å². The second-order valence-corrected chi connectivity index (χ2v) is 3.37. The number of carbonyl (C=O) groups is 1. The van der Waals surface area contributed by atoms with Crippen molar-refractivity contribution in [2.75, 3.05) is 44.8 Å². The zero-order chi connectivity index (χ0) is 9.52. The predicted octanol–water partition coefficient (Wildman–Crippen LogP) is 0.257. The predicted molar refractivity (Wildman–Crippen MR) is 52.0 cm³/mol. The van der Waals surface area contributed by atoms with Gasteiger partial charge in [0.15, 0.2) is 0 Å². The summed E-state index contributed by atoms with van der Waals surface area (Å²) in [5.74, 6) is -0.201. The molecule has 0 unspecified atom stereocenters. The number of esters is 1. The zero-order valence-corrected chi connectivity index (χ0v) is 9.09. The monoisotopic (exact) mass is 251 g/mol. The normalized spacial score (nSPS) is 18.5. The number of hydrogen-bond donors (Lipinski definition) is 0. The van der Waals surface area contributed by atoms with Crippen LogP contribution in [-0.4, -0.2) is 55.7 Å². The fourth-order valence-corrected chi connectivity index (χ4v) is 1.31. The first-order valence-electron chi connectivity index (χ1n) is 4.34. The molecule has 76 valence electrons. The number of nitrogens with zero attached hydrogens (tertiary/aromatic N) is 1. The van der Waals surface area contributed by atoms with Crippen LogP contribution in [0.5, 0.6) is 0 Å². The minimum absolute atomic E-state index is 0.201. The Morgan fingerprint density at radius 3 is 2.77 bits per heavy atom. The van der Waals surface area contributed by atoms with Crippen molar-refractivity contribution in [2.45, 2.75) is 0 Å². The molecule has 5 heteroatoms. The van der Waals surface area contributed by atoms with Crippen LogP contribution in [0.4, 0.5) is 0 Å². The lowest BCUT2D eigenvalue weighted by Crippen LogP contribution is -2.38. The van der Waals surface area contributed by atoms with Gasteiger partial charge in [-0.2, -0.15) is 0 Å². The molecule has 0 radical (unpaired) electrons. The number of hydrogen-bond acceptors (Lipinski definition) is 4. The minimum Gasteiger partial charge on any atom is -0.464 e. The maximum Gasteiger partial charge on any atom is 0.316 e. The van der Waals surface area contributed by atoms with Crippen molar-refractivity contribution in [3.63, 3.8) is 0 Å². The van der Waals surface area contributed by atoms with E-state index in [2.05, 4.69) is 20.8 Å². The molecule has 0 spiro atoms. The average molecular weight is 252 g/mol. The molecule has 0 bridgehead atoms. The molecule has 0 saturated carbocycles. The van der Waals surface area contributed by atoms with Crippen LogP contribution in [0.1, 0.15) is 0 Å². The van der Waals surface area contributed by atoms with E-state index >= 15 is 0 Å². The highest BCUT2D eigenvalue weighted by atomic mass is 79.9. The van der Waals surface area contributed by atoms with E-state index in [4.69, 9.17) is 9.47 Å². The van der Waals surface area contributed by atoms with Crippen LogP contribution in [0, 0.1) is 0 Å². The van der Waals surface area contributed by atoms with Crippen molar-refractivity contribution in [1.29, 1.82) is 0 Å². The topological polar surface area (TPSA) is 38.8 Å². The molecule has 1 fully saturated rings. The fraction of sp³-hybridized carbons (Fsp3) is 0.875. The summed E-state index contributed by atoms with van der Waals surface area (Å²) < 4.78 is 10.1. The Morgan fingerprint density at radius 2 is 2.15 bits per heavy atom. The second-order valence-electron chi connectivity index (χ2n) is 2.81. The van der Waals surface area contributed by atoms with Crippen molar-refractivity contribution in [2.24, 2.45) is 0 Å². The van der Waals surface area contributed by atoms with Crippen molar-refractivity contribution >= 4 is 21.9 Å². The number of alkyl halides is 1. The third-order valence-electron chi connectivity index (χ3n) is 1.88. The van der Waals surface area contributed by atoms with E-state index in [1.54, 1.807) is 0 Å². The van der Waals surface area contributed by atoms with Crippen LogP contribution >= 0.6 is 15.9 Å². The lowest BCUT2D eigenvalue weighted by molar-refractivity contribution is -0.140. The first kappa shape index (κ1) is 10.9. The van der Waals surface area contributed by atoms with E-state index in [0.717, 1.165) is 32.8 Å². The van der Waals surface area contributed by atoms with Crippen LogP contribution in [0.15, 0.2) is 0 Å². The molecule has 1 aliphatic rings. The van der Waals surface area contributed by atoms with Crippen LogP contribution < -0.4 is 0 Å². The van der Waals surface area contributed by atoms with Crippen molar-refractivity contribution < 1.29 is 14.3 Å². The first-order chi connectivity index (χ1) is 6.33. The Balaban J connectivity index is 2.01. The SMILES string of the molecule is O=C(CBr)OCCN1CCOCC1. The molecule has 0 aromatic rings. The summed E-state index contributed by atoms with van der Waals surface area (Å²) in [6, 6.07) is 0. The van der Waals surface area contributed by atoms with Crippen LogP contribution in [0.25, 0.3) is 0 Å². The van der Waals surface area contributed by atoms with Crippen molar-refractivity contribution in [1.82, 2.24) is 4.90 Å². The van der Waals surface area contributed by atoms with Gasteiger partial charge in [0, 0.05) is 19.6 Å². The van der Waals surface area contributed by atoms with E-state index in [9.17, 15) is 4.79 Å². The van der Waals surface area contributed by atoms with Crippen LogP contribution in [0.2, 0.25) is 0 Å². The minimum atomic E-state index is -0.201. The molecular formula is C8H14BrNO3. The molecule has 0 N–H and O–H groups in total. The summed E-state index contributed by atoms with van der Waals surface area (Å²) in [6.45, 7) is 4.73. The van der Waals surface area contributed by atoms with Gasteiger partial charge < -0.3 is 9.47 Å². The third-order valence-corrected chi connectivity index (χ3v) is 2.34. The Morgan fingerprint density at radius 1 is 1.46 bits per heavy atom. The Labute approximate surface area is 86.3 Å². The maximum absolute atomic E-state index is 10.7. The molecule has 4 nitrogen and oxygen atoms in total. The summed E-state index contributed by atoms with van der Waals surface area (Å²) in [5.41, 5.74) is 0. The second kappa shape index (κ2) is 6.34. The number of halogens is 1. The molecule has 0 aliphatic carbocycles. The molecule has 0 amide bonds. The lowest BCUT2D eigenvalue weighted by Gasteiger charge is -2.26. The number of morpholine rings is 1. The summed E-state index contributed by atoms with van der Waals surface area (Å²) >= 11 is 3.03. The van der Waals surface area contributed by atoms with Crippen molar-refractivity contribution in [3.05, 3.63) is 0 Å². The Bertz CT molecular complexity index is 159. The van der Waals surface area contributed by atoms with Gasteiger partial charge >= 0.3 is 5.97 Å². The van der Waals surface area contributed by atoms with E-state index in [1.807, 2.05) is 0 Å². The zero-order valence-electron chi connectivity index (χ0n) is 7.50. The van der Waals surface area contributed by atoms with Crippen LogP contribution in [-0.2, 0) is 14.3 Å². The maximum atomic E-state index is 10.7. The highest BCUT2D eigenvalue weighted by molar-refractivity contribution is 9.09. The largest absolute Gasteiger partial charge is 0.464 e. The molecule has 1 aliphatic heterocycles. The quantitative estimate of drug-likeness (QED) is 0.531. The van der Waals surface area contributed by atoms with E-state index in [1.165, 1.54) is 0 Å². The van der Waals surface area contributed by atoms with Gasteiger partial charge in [0.2, 0.25) is 0 Å². The molecular weight excluding hydrogens is 238 g/mol. The highest BCUT2D eigenvalue weighted by Gasteiger charge is 2.10. The van der Waals surface area contributed by atoms with E-state index < -0.39 is 0 Å².